The van der Waals surface area contributed by atoms with Crippen LogP contribution in [-0.4, -0.2) is 55.7 Å². The number of amides is 1. The van der Waals surface area contributed by atoms with E-state index >= 15 is 0 Å². The molecule has 1 aliphatic heterocycles. The van der Waals surface area contributed by atoms with E-state index in [1.54, 1.807) is 26.0 Å². The molecule has 2 aliphatic carbocycles. The number of aromatic nitrogens is 1. The van der Waals surface area contributed by atoms with Crippen LogP contribution in [0.25, 0.3) is 11.1 Å². The number of amidine groups is 1. The second-order valence-corrected chi connectivity index (χ2v) is 14.5. The molecule has 1 spiro atoms. The summed E-state index contributed by atoms with van der Waals surface area (Å²) < 4.78 is 46.6. The Kier molecular flexibility index (Phi) is 9.36. The van der Waals surface area contributed by atoms with Crippen molar-refractivity contribution in [1.29, 1.82) is 0 Å². The van der Waals surface area contributed by atoms with E-state index in [-0.39, 0.29) is 29.5 Å². The summed E-state index contributed by atoms with van der Waals surface area (Å²) in [6, 6.07) is 13.0. The van der Waals surface area contributed by atoms with Crippen LogP contribution in [0.15, 0.2) is 56.9 Å². The topological polar surface area (TPSA) is 115 Å². The number of carbonyl (C=O) groups excluding carboxylic acids is 1. The van der Waals surface area contributed by atoms with E-state index in [0.717, 1.165) is 84.6 Å². The lowest BCUT2D eigenvalue weighted by Crippen LogP contribution is -2.40. The van der Waals surface area contributed by atoms with E-state index in [0.29, 0.717) is 30.0 Å². The lowest BCUT2D eigenvalue weighted by atomic mass is 9.96. The van der Waals surface area contributed by atoms with Crippen LogP contribution in [-0.2, 0) is 37.4 Å². The van der Waals surface area contributed by atoms with E-state index in [2.05, 4.69) is 18.1 Å². The number of aryl methyl sites for hydroxylation is 1. The molecule has 3 aromatic rings. The molecule has 0 N–H and O–H groups in total. The van der Waals surface area contributed by atoms with Crippen LogP contribution >= 0.6 is 0 Å². The molecule has 2 aromatic carbocycles. The SMILES string of the molecule is CCCCC1=NC2(CCCC2)C(=O)N1Cc1ccc(-c2ccccc2S(=O)(=O)N(COC)c2noc(C)c2C)c(COC2CC2)c1. The first-order chi connectivity index (χ1) is 22.2. The lowest BCUT2D eigenvalue weighted by molar-refractivity contribution is -0.131. The molecule has 0 unspecified atom stereocenters. The molecule has 3 aliphatic rings. The highest BCUT2D eigenvalue weighted by Crippen LogP contribution is 2.41. The van der Waals surface area contributed by atoms with Crippen molar-refractivity contribution < 1.29 is 27.2 Å². The number of hydrogen-bond acceptors (Lipinski definition) is 8. The number of aliphatic imine (C=N–C) groups is 1. The second-order valence-electron chi connectivity index (χ2n) is 12.7. The van der Waals surface area contributed by atoms with Crippen LogP contribution in [0.1, 0.15) is 87.2 Å². The molecule has 1 amide bonds. The summed E-state index contributed by atoms with van der Waals surface area (Å²) in [4.78, 5) is 20.9. The maximum absolute atomic E-state index is 14.3. The maximum atomic E-state index is 14.3. The van der Waals surface area contributed by atoms with Crippen molar-refractivity contribution >= 4 is 27.6 Å². The molecular weight excluding hydrogens is 604 g/mol. The van der Waals surface area contributed by atoms with Crippen LogP contribution in [0.3, 0.4) is 0 Å². The number of anilines is 1. The van der Waals surface area contributed by atoms with Gasteiger partial charge in [-0.1, -0.05) is 67.7 Å². The van der Waals surface area contributed by atoms with Gasteiger partial charge in [-0.15, -0.1) is 0 Å². The Labute approximate surface area is 271 Å². The number of carbonyl (C=O) groups is 1. The van der Waals surface area contributed by atoms with Crippen molar-refractivity contribution in [2.45, 2.75) is 108 Å². The predicted octanol–water partition coefficient (Wildman–Crippen LogP) is 6.68. The Morgan fingerprint density at radius 2 is 1.85 bits per heavy atom. The minimum Gasteiger partial charge on any atom is -0.374 e. The molecule has 2 saturated carbocycles. The van der Waals surface area contributed by atoms with Crippen molar-refractivity contribution in [3.8, 4) is 11.1 Å². The molecule has 0 saturated heterocycles. The van der Waals surface area contributed by atoms with Crippen molar-refractivity contribution in [1.82, 2.24) is 10.1 Å². The standard InChI is InChI=1S/C35H44N4O6S/c1-5-6-13-32-36-35(18-9-10-19-35)34(40)38(32)21-26-14-17-29(27(20-26)22-44-28-15-16-28)30-11-7-8-12-31(30)46(41,42)39(23-43-4)33-24(2)25(3)45-37-33/h7-8,11-12,14,17,20,28H,5-6,9-10,13,15-16,18-19,21-23H2,1-4H3. The molecule has 10 nitrogen and oxygen atoms in total. The molecule has 0 atom stereocenters. The van der Waals surface area contributed by atoms with Gasteiger partial charge in [-0.05, 0) is 68.7 Å². The zero-order chi connectivity index (χ0) is 32.5. The van der Waals surface area contributed by atoms with Gasteiger partial charge in [0.05, 0.1) is 24.2 Å². The number of unbranched alkanes of at least 4 members (excludes halogenated alkanes) is 1. The first kappa shape index (κ1) is 32.4. The molecule has 2 heterocycles. The number of hydrogen-bond donors (Lipinski definition) is 0. The number of ether oxygens (including phenoxy) is 2. The van der Waals surface area contributed by atoms with Gasteiger partial charge in [-0.2, -0.15) is 0 Å². The number of benzene rings is 2. The average molecular weight is 649 g/mol. The summed E-state index contributed by atoms with van der Waals surface area (Å²) in [6.07, 6.45) is 8.74. The number of nitrogens with zero attached hydrogens (tertiary/aromatic N) is 4. The van der Waals surface area contributed by atoms with Gasteiger partial charge in [0.2, 0.25) is 0 Å². The van der Waals surface area contributed by atoms with E-state index in [9.17, 15) is 13.2 Å². The highest BCUT2D eigenvalue weighted by atomic mass is 32.2. The van der Waals surface area contributed by atoms with Gasteiger partial charge < -0.3 is 14.0 Å². The zero-order valence-corrected chi connectivity index (χ0v) is 28.1. The fraction of sp³-hybridized carbons (Fsp3) is 0.514. The lowest BCUT2D eigenvalue weighted by Gasteiger charge is -2.24. The van der Waals surface area contributed by atoms with Crippen LogP contribution in [0.2, 0.25) is 0 Å². The molecular formula is C35H44N4O6S. The predicted molar refractivity (Wildman–Crippen MR) is 176 cm³/mol. The maximum Gasteiger partial charge on any atom is 0.268 e. The largest absolute Gasteiger partial charge is 0.374 e. The third-order valence-corrected chi connectivity index (χ3v) is 11.1. The molecule has 2 fully saturated rings. The summed E-state index contributed by atoms with van der Waals surface area (Å²) in [5.74, 6) is 1.73. The number of rotatable bonds is 14. The smallest absolute Gasteiger partial charge is 0.268 e. The minimum atomic E-state index is -4.13. The summed E-state index contributed by atoms with van der Waals surface area (Å²) in [5, 5.41) is 4.05. The summed E-state index contributed by atoms with van der Waals surface area (Å²) in [7, 11) is -2.68. The van der Waals surface area contributed by atoms with Gasteiger partial charge >= 0.3 is 0 Å². The fourth-order valence-corrected chi connectivity index (χ4v) is 8.07. The Hall–Kier alpha value is -3.54. The van der Waals surface area contributed by atoms with Crippen LogP contribution in [0.4, 0.5) is 5.82 Å². The van der Waals surface area contributed by atoms with E-state index in [1.807, 2.05) is 29.2 Å². The number of sulfonamides is 1. The Morgan fingerprint density at radius 3 is 2.52 bits per heavy atom. The highest BCUT2D eigenvalue weighted by Gasteiger charge is 2.49. The van der Waals surface area contributed by atoms with Gasteiger partial charge in [0.15, 0.2) is 5.82 Å². The van der Waals surface area contributed by atoms with Crippen LogP contribution in [0, 0.1) is 13.8 Å². The number of methoxy groups -OCH3 is 1. The van der Waals surface area contributed by atoms with Crippen LogP contribution in [0.5, 0.6) is 0 Å². The van der Waals surface area contributed by atoms with Gasteiger partial charge in [0.1, 0.15) is 23.9 Å². The van der Waals surface area contributed by atoms with Crippen LogP contribution < -0.4 is 4.31 Å². The van der Waals surface area contributed by atoms with Crippen molar-refractivity contribution in [3.63, 3.8) is 0 Å². The van der Waals surface area contributed by atoms with Gasteiger partial charge in [-0.3, -0.25) is 14.7 Å². The summed E-state index contributed by atoms with van der Waals surface area (Å²) >= 11 is 0. The van der Waals surface area contributed by atoms with Crippen molar-refractivity contribution in [2.24, 2.45) is 4.99 Å². The molecule has 6 rings (SSSR count). The Morgan fingerprint density at radius 1 is 1.09 bits per heavy atom. The van der Waals surface area contributed by atoms with E-state index in [1.165, 1.54) is 7.11 Å². The van der Waals surface area contributed by atoms with Gasteiger partial charge in [0, 0.05) is 24.7 Å². The van der Waals surface area contributed by atoms with E-state index in [4.69, 9.17) is 19.0 Å². The first-order valence-electron chi connectivity index (χ1n) is 16.4. The minimum absolute atomic E-state index is 0.115. The summed E-state index contributed by atoms with van der Waals surface area (Å²) in [6.45, 7) is 6.19. The molecule has 11 heteroatoms. The van der Waals surface area contributed by atoms with E-state index < -0.39 is 15.6 Å². The zero-order valence-electron chi connectivity index (χ0n) is 27.3. The highest BCUT2D eigenvalue weighted by molar-refractivity contribution is 7.93. The molecule has 0 radical (unpaired) electrons. The molecule has 246 valence electrons. The average Bonchev–Trinajstić information content (AvgIpc) is 3.59. The normalized spacial score (nSPS) is 17.7. The quantitative estimate of drug-likeness (QED) is 0.179. The molecule has 46 heavy (non-hydrogen) atoms. The fourth-order valence-electron chi connectivity index (χ4n) is 6.48. The second kappa shape index (κ2) is 13.3. The van der Waals surface area contributed by atoms with Crippen molar-refractivity contribution in [3.05, 3.63) is 64.9 Å². The van der Waals surface area contributed by atoms with Gasteiger partial charge in [-0.25, -0.2) is 12.7 Å². The molecule has 0 bridgehead atoms. The Balaban J connectivity index is 1.37. The first-order valence-corrected chi connectivity index (χ1v) is 17.8. The molecule has 1 aromatic heterocycles. The summed E-state index contributed by atoms with van der Waals surface area (Å²) in [5.41, 5.74) is 3.17. The van der Waals surface area contributed by atoms with Crippen molar-refractivity contribution in [2.75, 3.05) is 18.1 Å². The monoisotopic (exact) mass is 648 g/mol. The van der Waals surface area contributed by atoms with Gasteiger partial charge in [0.25, 0.3) is 15.9 Å². The Bertz CT molecular complexity index is 1720. The third kappa shape index (κ3) is 6.24. The third-order valence-electron chi connectivity index (χ3n) is 9.35.